The number of piperidine rings is 1. The van der Waals surface area contributed by atoms with Crippen LogP contribution in [0.25, 0.3) is 0 Å². The van der Waals surface area contributed by atoms with Crippen LogP contribution in [0.2, 0.25) is 0 Å². The van der Waals surface area contributed by atoms with Crippen LogP contribution in [-0.2, 0) is 16.1 Å². The van der Waals surface area contributed by atoms with Crippen molar-refractivity contribution in [3.8, 4) is 0 Å². The molecule has 3 heterocycles. The van der Waals surface area contributed by atoms with E-state index in [1.54, 1.807) is 4.88 Å². The van der Waals surface area contributed by atoms with Gasteiger partial charge in [0.25, 0.3) is 0 Å². The Morgan fingerprint density at radius 3 is 2.68 bits per heavy atom. The summed E-state index contributed by atoms with van der Waals surface area (Å²) in [6, 6.07) is 4.75. The molecule has 156 valence electrons. The van der Waals surface area contributed by atoms with Crippen LogP contribution in [0.4, 0.5) is 0 Å². The van der Waals surface area contributed by atoms with Crippen molar-refractivity contribution in [2.24, 2.45) is 5.92 Å². The second kappa shape index (κ2) is 10.2. The highest BCUT2D eigenvalue weighted by molar-refractivity contribution is 7.12. The van der Waals surface area contributed by atoms with Gasteiger partial charge in [-0.25, -0.2) is 0 Å². The number of hydrogen-bond donors (Lipinski definition) is 1. The maximum atomic E-state index is 12.1. The average Bonchev–Trinajstić information content (AvgIpc) is 3.48. The van der Waals surface area contributed by atoms with E-state index in [1.807, 2.05) is 11.3 Å². The number of nitrogens with one attached hydrogen (secondary N) is 1. The second-order valence-electron chi connectivity index (χ2n) is 8.98. The Bertz CT molecular complexity index is 612. The molecule has 1 atom stereocenters. The zero-order chi connectivity index (χ0) is 19.2. The maximum absolute atomic E-state index is 12.1. The van der Waals surface area contributed by atoms with Gasteiger partial charge in [-0.15, -0.1) is 11.3 Å². The van der Waals surface area contributed by atoms with Crippen LogP contribution in [0.1, 0.15) is 79.9 Å². The molecular weight excluding hydrogens is 368 g/mol. The van der Waals surface area contributed by atoms with Crippen molar-refractivity contribution >= 4 is 17.2 Å². The summed E-state index contributed by atoms with van der Waals surface area (Å²) in [6.07, 6.45) is 12.3. The van der Waals surface area contributed by atoms with Gasteiger partial charge in [0.2, 0.25) is 5.91 Å². The fourth-order valence-corrected chi connectivity index (χ4v) is 6.24. The predicted octanol–water partition coefficient (Wildman–Crippen LogP) is 4.69. The third-order valence-corrected chi connectivity index (χ3v) is 8.09. The van der Waals surface area contributed by atoms with E-state index >= 15 is 0 Å². The van der Waals surface area contributed by atoms with Crippen LogP contribution in [0.5, 0.6) is 0 Å². The fourth-order valence-electron chi connectivity index (χ4n) is 5.02. The number of thiophene rings is 1. The molecule has 3 fully saturated rings. The molecule has 0 radical (unpaired) electrons. The molecule has 0 spiro atoms. The van der Waals surface area contributed by atoms with Crippen LogP contribution >= 0.6 is 11.3 Å². The summed E-state index contributed by atoms with van der Waals surface area (Å²) < 4.78 is 5.57. The van der Waals surface area contributed by atoms with Gasteiger partial charge in [-0.3, -0.25) is 9.69 Å². The number of hydrogen-bond acceptors (Lipinski definition) is 4. The van der Waals surface area contributed by atoms with Crippen molar-refractivity contribution < 1.29 is 9.53 Å². The molecule has 1 aromatic heterocycles. The molecule has 1 aromatic rings. The molecular formula is C23H36N2O2S. The highest BCUT2D eigenvalue weighted by Crippen LogP contribution is 2.38. The highest BCUT2D eigenvalue weighted by Gasteiger charge is 2.22. The zero-order valence-electron chi connectivity index (χ0n) is 17.2. The Labute approximate surface area is 174 Å². The number of carbonyl (C=O) groups is 1. The van der Waals surface area contributed by atoms with Gasteiger partial charge in [-0.1, -0.05) is 12.8 Å². The Balaban J connectivity index is 1.11. The Morgan fingerprint density at radius 1 is 1.11 bits per heavy atom. The second-order valence-corrected chi connectivity index (χ2v) is 10.2. The van der Waals surface area contributed by atoms with Crippen molar-refractivity contribution in [3.63, 3.8) is 0 Å². The van der Waals surface area contributed by atoms with E-state index in [2.05, 4.69) is 22.3 Å². The lowest BCUT2D eigenvalue weighted by molar-refractivity contribution is -0.122. The Kier molecular flexibility index (Phi) is 7.43. The molecule has 3 aliphatic rings. The summed E-state index contributed by atoms with van der Waals surface area (Å²) in [5.74, 6) is 1.76. The van der Waals surface area contributed by atoms with Crippen LogP contribution < -0.4 is 5.32 Å². The Morgan fingerprint density at radius 2 is 1.93 bits per heavy atom. The lowest BCUT2D eigenvalue weighted by Gasteiger charge is -2.31. The van der Waals surface area contributed by atoms with E-state index in [0.29, 0.717) is 18.9 Å². The zero-order valence-corrected chi connectivity index (χ0v) is 18.0. The van der Waals surface area contributed by atoms with E-state index in [-0.39, 0.29) is 12.0 Å². The summed E-state index contributed by atoms with van der Waals surface area (Å²) in [5, 5.41) is 3.06. The molecule has 4 rings (SSSR count). The van der Waals surface area contributed by atoms with Gasteiger partial charge in [0.05, 0.1) is 6.10 Å². The van der Waals surface area contributed by atoms with E-state index in [4.69, 9.17) is 4.74 Å². The van der Waals surface area contributed by atoms with Gasteiger partial charge >= 0.3 is 0 Å². The summed E-state index contributed by atoms with van der Waals surface area (Å²) in [7, 11) is 0. The molecule has 1 N–H and O–H groups in total. The van der Waals surface area contributed by atoms with Gasteiger partial charge < -0.3 is 10.1 Å². The lowest BCUT2D eigenvalue weighted by Crippen LogP contribution is -2.34. The number of nitrogens with zero attached hydrogens (tertiary/aromatic N) is 1. The predicted molar refractivity (Wildman–Crippen MR) is 115 cm³/mol. The van der Waals surface area contributed by atoms with E-state index < -0.39 is 0 Å². The summed E-state index contributed by atoms with van der Waals surface area (Å²) in [4.78, 5) is 17.9. The molecule has 1 amide bonds. The maximum Gasteiger partial charge on any atom is 0.220 e. The number of amides is 1. The standard InChI is InChI=1S/C23H36N2O2S/c26-23(24-16-20-6-3-15-27-20)10-7-18-11-13-25(14-12-18)17-21-8-9-22(28-21)19-4-1-2-5-19/h8-9,18-20H,1-7,10-17H2,(H,24,26). The van der Waals surface area contributed by atoms with Gasteiger partial charge in [0, 0.05) is 35.9 Å². The first-order chi connectivity index (χ1) is 13.8. The smallest absolute Gasteiger partial charge is 0.220 e. The van der Waals surface area contributed by atoms with E-state index in [9.17, 15) is 4.79 Å². The summed E-state index contributed by atoms with van der Waals surface area (Å²) in [6.45, 7) is 5.02. The first-order valence-electron chi connectivity index (χ1n) is 11.5. The van der Waals surface area contributed by atoms with E-state index in [1.165, 1.54) is 56.5 Å². The minimum absolute atomic E-state index is 0.205. The Hall–Kier alpha value is -0.910. The SMILES string of the molecule is O=C(CCC1CCN(Cc2ccc(C3CCCC3)s2)CC1)NCC1CCCO1. The van der Waals surface area contributed by atoms with Crippen LogP contribution in [-0.4, -0.2) is 43.2 Å². The van der Waals surface area contributed by atoms with Crippen LogP contribution in [0.15, 0.2) is 12.1 Å². The molecule has 2 saturated heterocycles. The van der Waals surface area contributed by atoms with Crippen LogP contribution in [0.3, 0.4) is 0 Å². The molecule has 2 aliphatic heterocycles. The molecule has 0 bridgehead atoms. The monoisotopic (exact) mass is 404 g/mol. The summed E-state index contributed by atoms with van der Waals surface area (Å²) in [5.41, 5.74) is 0. The topological polar surface area (TPSA) is 41.6 Å². The van der Waals surface area contributed by atoms with Gasteiger partial charge in [-0.2, -0.15) is 0 Å². The number of rotatable bonds is 8. The number of likely N-dealkylation sites (tertiary alicyclic amines) is 1. The fraction of sp³-hybridized carbons (Fsp3) is 0.783. The largest absolute Gasteiger partial charge is 0.376 e. The van der Waals surface area contributed by atoms with Crippen molar-refractivity contribution in [2.45, 2.75) is 82.8 Å². The first-order valence-corrected chi connectivity index (χ1v) is 12.3. The molecule has 1 unspecified atom stereocenters. The molecule has 4 nitrogen and oxygen atoms in total. The summed E-state index contributed by atoms with van der Waals surface area (Å²) >= 11 is 2.05. The molecule has 1 aliphatic carbocycles. The van der Waals surface area contributed by atoms with Crippen molar-refractivity contribution in [1.82, 2.24) is 10.2 Å². The highest BCUT2D eigenvalue weighted by atomic mass is 32.1. The number of ether oxygens (including phenoxy) is 1. The number of carbonyl (C=O) groups excluding carboxylic acids is 1. The third-order valence-electron chi connectivity index (χ3n) is 6.86. The van der Waals surface area contributed by atoms with Gasteiger partial charge in [-0.05, 0) is 82.0 Å². The van der Waals surface area contributed by atoms with Crippen molar-refractivity contribution in [2.75, 3.05) is 26.2 Å². The quantitative estimate of drug-likeness (QED) is 0.683. The van der Waals surface area contributed by atoms with Crippen molar-refractivity contribution in [1.29, 1.82) is 0 Å². The first kappa shape index (κ1) is 20.4. The normalized spacial score (nSPS) is 24.8. The van der Waals surface area contributed by atoms with Crippen molar-refractivity contribution in [3.05, 3.63) is 21.9 Å². The van der Waals surface area contributed by atoms with E-state index in [0.717, 1.165) is 38.3 Å². The minimum atomic E-state index is 0.205. The molecule has 5 heteroatoms. The van der Waals surface area contributed by atoms with Gasteiger partial charge in [0.1, 0.15) is 0 Å². The molecule has 1 saturated carbocycles. The molecule has 0 aromatic carbocycles. The molecule has 28 heavy (non-hydrogen) atoms. The average molecular weight is 405 g/mol. The van der Waals surface area contributed by atoms with Gasteiger partial charge in [0.15, 0.2) is 0 Å². The minimum Gasteiger partial charge on any atom is -0.376 e. The lowest BCUT2D eigenvalue weighted by atomic mass is 9.92. The van der Waals surface area contributed by atoms with Crippen LogP contribution in [0, 0.1) is 5.92 Å². The third kappa shape index (κ3) is 5.80.